The third-order valence-corrected chi connectivity index (χ3v) is 5.40. The zero-order valence-electron chi connectivity index (χ0n) is 18.1. The van der Waals surface area contributed by atoms with Gasteiger partial charge >= 0.3 is 0 Å². The molecule has 2 heterocycles. The molecule has 0 unspecified atom stereocenters. The summed E-state index contributed by atoms with van der Waals surface area (Å²) in [5.74, 6) is 0.734. The number of nitrogens with zero attached hydrogens (tertiary/aromatic N) is 3. The van der Waals surface area contributed by atoms with Gasteiger partial charge in [0.25, 0.3) is 0 Å². The predicted octanol–water partition coefficient (Wildman–Crippen LogP) is 7.34. The van der Waals surface area contributed by atoms with E-state index in [0.717, 1.165) is 24.4 Å². The minimum atomic E-state index is 0.734. The summed E-state index contributed by atoms with van der Waals surface area (Å²) < 4.78 is 0. The maximum absolute atomic E-state index is 4.59. The molecule has 0 aliphatic heterocycles. The molecule has 0 radical (unpaired) electrons. The summed E-state index contributed by atoms with van der Waals surface area (Å²) in [4.78, 5) is 13.7. The SMILES string of the molecule is CCCCCCCCCc1ccc(-c2ncc(CCCCCCC)cn2)nc1. The number of pyridine rings is 1. The fourth-order valence-electron chi connectivity index (χ4n) is 3.54. The lowest BCUT2D eigenvalue weighted by Gasteiger charge is -2.05. The second-order valence-electron chi connectivity index (χ2n) is 8.00. The summed E-state index contributed by atoms with van der Waals surface area (Å²) in [5, 5.41) is 0. The Morgan fingerprint density at radius 2 is 1.04 bits per heavy atom. The Balaban J connectivity index is 1.70. The predicted molar refractivity (Wildman–Crippen MR) is 119 cm³/mol. The molecule has 0 amide bonds. The van der Waals surface area contributed by atoms with Crippen LogP contribution >= 0.6 is 0 Å². The molecule has 28 heavy (non-hydrogen) atoms. The lowest BCUT2D eigenvalue weighted by Crippen LogP contribution is -1.96. The molecule has 0 atom stereocenters. The third kappa shape index (κ3) is 8.95. The van der Waals surface area contributed by atoms with Crippen molar-refractivity contribution in [2.24, 2.45) is 0 Å². The van der Waals surface area contributed by atoms with Crippen LogP contribution in [0, 0.1) is 0 Å². The van der Waals surface area contributed by atoms with Crippen LogP contribution in [0.25, 0.3) is 11.5 Å². The summed E-state index contributed by atoms with van der Waals surface area (Å²) >= 11 is 0. The van der Waals surface area contributed by atoms with Crippen molar-refractivity contribution in [1.82, 2.24) is 15.0 Å². The van der Waals surface area contributed by atoms with Gasteiger partial charge in [0.05, 0.1) is 0 Å². The average molecular weight is 382 g/mol. The number of aryl methyl sites for hydroxylation is 2. The van der Waals surface area contributed by atoms with E-state index in [1.54, 1.807) is 0 Å². The van der Waals surface area contributed by atoms with Crippen molar-refractivity contribution in [2.75, 3.05) is 0 Å². The highest BCUT2D eigenvalue weighted by atomic mass is 14.9. The van der Waals surface area contributed by atoms with Crippen molar-refractivity contribution in [2.45, 2.75) is 104 Å². The summed E-state index contributed by atoms with van der Waals surface area (Å²) in [5.41, 5.74) is 3.43. The molecule has 0 aliphatic rings. The Hall–Kier alpha value is -1.77. The molecule has 2 aromatic rings. The van der Waals surface area contributed by atoms with Gasteiger partial charge in [-0.05, 0) is 42.9 Å². The van der Waals surface area contributed by atoms with Crippen LogP contribution in [0.2, 0.25) is 0 Å². The van der Waals surface area contributed by atoms with E-state index in [2.05, 4.69) is 40.9 Å². The zero-order chi connectivity index (χ0) is 19.9. The number of hydrogen-bond donors (Lipinski definition) is 0. The van der Waals surface area contributed by atoms with Gasteiger partial charge in [0, 0.05) is 18.6 Å². The van der Waals surface area contributed by atoms with E-state index in [0.29, 0.717) is 0 Å². The van der Waals surface area contributed by atoms with Gasteiger partial charge in [-0.25, -0.2) is 9.97 Å². The maximum Gasteiger partial charge on any atom is 0.178 e. The second-order valence-corrected chi connectivity index (χ2v) is 8.00. The first-order chi connectivity index (χ1) is 13.8. The van der Waals surface area contributed by atoms with Gasteiger partial charge in [0.1, 0.15) is 5.69 Å². The topological polar surface area (TPSA) is 38.7 Å². The molecule has 3 heteroatoms. The zero-order valence-corrected chi connectivity index (χ0v) is 18.1. The normalized spacial score (nSPS) is 11.1. The molecular formula is C25H39N3. The molecule has 0 spiro atoms. The monoisotopic (exact) mass is 381 g/mol. The van der Waals surface area contributed by atoms with Gasteiger partial charge in [-0.2, -0.15) is 0 Å². The van der Waals surface area contributed by atoms with E-state index in [1.807, 2.05) is 18.6 Å². The molecule has 0 aliphatic carbocycles. The minimum Gasteiger partial charge on any atom is -0.253 e. The number of hydrogen-bond acceptors (Lipinski definition) is 3. The highest BCUT2D eigenvalue weighted by molar-refractivity contribution is 5.48. The Labute approximate surface area is 172 Å². The first kappa shape index (κ1) is 22.5. The van der Waals surface area contributed by atoms with Crippen LogP contribution in [0.5, 0.6) is 0 Å². The van der Waals surface area contributed by atoms with Gasteiger partial charge in [0.2, 0.25) is 0 Å². The highest BCUT2D eigenvalue weighted by Gasteiger charge is 2.04. The van der Waals surface area contributed by atoms with Crippen molar-refractivity contribution < 1.29 is 0 Å². The molecule has 2 aromatic heterocycles. The Kier molecular flexibility index (Phi) is 11.5. The summed E-state index contributed by atoms with van der Waals surface area (Å²) in [6.45, 7) is 4.52. The van der Waals surface area contributed by atoms with Crippen LogP contribution in [0.3, 0.4) is 0 Å². The first-order valence-corrected chi connectivity index (χ1v) is 11.6. The van der Waals surface area contributed by atoms with Crippen LogP contribution in [0.15, 0.2) is 30.7 Å². The van der Waals surface area contributed by atoms with Crippen LogP contribution in [-0.4, -0.2) is 15.0 Å². The van der Waals surface area contributed by atoms with E-state index < -0.39 is 0 Å². The molecule has 0 saturated heterocycles. The molecule has 0 N–H and O–H groups in total. The van der Waals surface area contributed by atoms with E-state index in [1.165, 1.54) is 88.2 Å². The Morgan fingerprint density at radius 1 is 0.536 bits per heavy atom. The standard InChI is InChI=1S/C25H39N3/c1-3-5-7-9-10-12-13-15-22-17-18-24(26-19-22)25-27-20-23(21-28-25)16-14-11-8-6-4-2/h17-21H,3-16H2,1-2H3. The van der Waals surface area contributed by atoms with Gasteiger partial charge in [-0.3, -0.25) is 4.98 Å². The number of rotatable bonds is 15. The van der Waals surface area contributed by atoms with E-state index >= 15 is 0 Å². The third-order valence-electron chi connectivity index (χ3n) is 5.40. The summed E-state index contributed by atoms with van der Waals surface area (Å²) in [6, 6.07) is 4.25. The molecule has 0 fully saturated rings. The molecule has 0 bridgehead atoms. The van der Waals surface area contributed by atoms with Gasteiger partial charge in [0.15, 0.2) is 5.82 Å². The quantitative estimate of drug-likeness (QED) is 0.303. The number of aromatic nitrogens is 3. The fourth-order valence-corrected chi connectivity index (χ4v) is 3.54. The van der Waals surface area contributed by atoms with Gasteiger partial charge in [-0.1, -0.05) is 84.1 Å². The first-order valence-electron chi connectivity index (χ1n) is 11.6. The maximum atomic E-state index is 4.59. The summed E-state index contributed by atoms with van der Waals surface area (Å²) in [7, 11) is 0. The average Bonchev–Trinajstić information content (AvgIpc) is 2.74. The fraction of sp³-hybridized carbons (Fsp3) is 0.640. The minimum absolute atomic E-state index is 0.734. The van der Waals surface area contributed by atoms with Crippen LogP contribution in [-0.2, 0) is 12.8 Å². The van der Waals surface area contributed by atoms with Gasteiger partial charge < -0.3 is 0 Å². The summed E-state index contributed by atoms with van der Waals surface area (Å²) in [6.07, 6.45) is 24.1. The molecular weight excluding hydrogens is 342 g/mol. The van der Waals surface area contributed by atoms with Crippen LogP contribution in [0.1, 0.15) is 102 Å². The van der Waals surface area contributed by atoms with Crippen molar-refractivity contribution in [3.05, 3.63) is 41.9 Å². The van der Waals surface area contributed by atoms with E-state index in [9.17, 15) is 0 Å². The Bertz CT molecular complexity index is 619. The largest absolute Gasteiger partial charge is 0.253 e. The lowest BCUT2D eigenvalue weighted by atomic mass is 10.1. The Morgan fingerprint density at radius 3 is 1.57 bits per heavy atom. The van der Waals surface area contributed by atoms with Crippen LogP contribution < -0.4 is 0 Å². The van der Waals surface area contributed by atoms with Gasteiger partial charge in [-0.15, -0.1) is 0 Å². The smallest absolute Gasteiger partial charge is 0.178 e. The lowest BCUT2D eigenvalue weighted by molar-refractivity contribution is 0.589. The van der Waals surface area contributed by atoms with E-state index in [4.69, 9.17) is 0 Å². The molecule has 2 rings (SSSR count). The van der Waals surface area contributed by atoms with Crippen LogP contribution in [0.4, 0.5) is 0 Å². The van der Waals surface area contributed by atoms with Crippen molar-refractivity contribution in [3.63, 3.8) is 0 Å². The van der Waals surface area contributed by atoms with E-state index in [-0.39, 0.29) is 0 Å². The number of unbranched alkanes of at least 4 members (excludes halogenated alkanes) is 10. The molecule has 3 nitrogen and oxygen atoms in total. The molecule has 0 aromatic carbocycles. The second kappa shape index (κ2) is 14.3. The highest BCUT2D eigenvalue weighted by Crippen LogP contribution is 2.15. The molecule has 0 saturated carbocycles. The van der Waals surface area contributed by atoms with Crippen molar-refractivity contribution >= 4 is 0 Å². The molecule has 154 valence electrons. The van der Waals surface area contributed by atoms with Crippen molar-refractivity contribution in [3.8, 4) is 11.5 Å². The van der Waals surface area contributed by atoms with Crippen molar-refractivity contribution in [1.29, 1.82) is 0 Å².